The Morgan fingerprint density at radius 1 is 0.706 bits per heavy atom. The Morgan fingerprint density at radius 2 is 1.18 bits per heavy atom. The van der Waals surface area contributed by atoms with E-state index in [0.717, 1.165) is 24.7 Å². The molecule has 0 aliphatic heterocycles. The first kappa shape index (κ1) is 17.0. The molecule has 0 aromatic heterocycles. The van der Waals surface area contributed by atoms with E-state index in [0.29, 0.717) is 0 Å². The van der Waals surface area contributed by atoms with Crippen LogP contribution in [0.2, 0.25) is 0 Å². The molecule has 2 fully saturated rings. The van der Waals surface area contributed by atoms with Crippen molar-refractivity contribution < 1.29 is 5.11 Å². The normalized spacial score (nSPS) is 29.5. The van der Waals surface area contributed by atoms with Gasteiger partial charge < -0.3 is 5.11 Å². The smallest absolute Gasteiger partial charge is 0.0540 e. The Bertz CT molecular complexity index is 142. The Labute approximate surface area is 109 Å². The zero-order chi connectivity index (χ0) is 13.1. The lowest BCUT2D eigenvalue weighted by Crippen LogP contribution is -2.09. The van der Waals surface area contributed by atoms with Crippen LogP contribution < -0.4 is 0 Å². The minimum Gasteiger partial charge on any atom is -0.393 e. The van der Waals surface area contributed by atoms with Gasteiger partial charge in [-0.3, -0.25) is 0 Å². The summed E-state index contributed by atoms with van der Waals surface area (Å²) in [5.74, 6) is 2.03. The van der Waals surface area contributed by atoms with Crippen LogP contribution in [0.15, 0.2) is 0 Å². The van der Waals surface area contributed by atoms with Crippen LogP contribution in [0.5, 0.6) is 0 Å². The van der Waals surface area contributed by atoms with Crippen LogP contribution in [0.4, 0.5) is 0 Å². The van der Waals surface area contributed by atoms with Crippen molar-refractivity contribution in [2.24, 2.45) is 11.8 Å². The highest BCUT2D eigenvalue weighted by molar-refractivity contribution is 4.66. The largest absolute Gasteiger partial charge is 0.393 e. The van der Waals surface area contributed by atoms with E-state index in [1.165, 1.54) is 44.9 Å². The molecule has 0 heterocycles. The number of hydrogen-bond donors (Lipinski definition) is 1. The van der Waals surface area contributed by atoms with Crippen molar-refractivity contribution >= 4 is 0 Å². The van der Waals surface area contributed by atoms with E-state index in [-0.39, 0.29) is 6.10 Å². The molecule has 0 bridgehead atoms. The summed E-state index contributed by atoms with van der Waals surface area (Å²) < 4.78 is 0. The molecule has 1 N–H and O–H groups in total. The predicted octanol–water partition coefficient (Wildman–Crippen LogP) is 5.17. The van der Waals surface area contributed by atoms with Crippen LogP contribution in [-0.2, 0) is 0 Å². The molecule has 0 aromatic carbocycles. The molecule has 104 valence electrons. The summed E-state index contributed by atoms with van der Waals surface area (Å²) in [7, 11) is 0. The first-order valence-corrected chi connectivity index (χ1v) is 7.86. The maximum absolute atomic E-state index is 8.91. The second kappa shape index (κ2) is 11.1. The van der Waals surface area contributed by atoms with Crippen molar-refractivity contribution in [3.63, 3.8) is 0 Å². The van der Waals surface area contributed by atoms with Crippen LogP contribution in [-0.4, -0.2) is 11.2 Å². The Hall–Kier alpha value is -0.0400. The lowest BCUT2D eigenvalue weighted by atomic mass is 9.84. The molecule has 1 nitrogen and oxygen atoms in total. The molecule has 2 aliphatic carbocycles. The molecule has 0 spiro atoms. The summed E-state index contributed by atoms with van der Waals surface area (Å²) in [6.45, 7) is 8.74. The highest BCUT2D eigenvalue weighted by Crippen LogP contribution is 2.27. The monoisotopic (exact) mass is 242 g/mol. The number of hydrogen-bond acceptors (Lipinski definition) is 1. The first-order chi connectivity index (χ1) is 8.18. The van der Waals surface area contributed by atoms with Crippen molar-refractivity contribution in [1.29, 1.82) is 0 Å². The second-order valence-electron chi connectivity index (χ2n) is 5.67. The fraction of sp³-hybridized carbons (Fsp3) is 1.00. The quantitative estimate of drug-likeness (QED) is 0.621. The lowest BCUT2D eigenvalue weighted by Gasteiger charge is -2.22. The SMILES string of the molecule is CC.CC1CCC[C@@H](C)C1.OC1CCCCC1. The molecular formula is C16H34O. The van der Waals surface area contributed by atoms with E-state index in [2.05, 4.69) is 13.8 Å². The van der Waals surface area contributed by atoms with Gasteiger partial charge in [0.15, 0.2) is 0 Å². The van der Waals surface area contributed by atoms with E-state index in [9.17, 15) is 0 Å². The van der Waals surface area contributed by atoms with Crippen molar-refractivity contribution in [3.8, 4) is 0 Å². The molecule has 1 heteroatoms. The number of aliphatic hydroxyl groups is 1. The van der Waals surface area contributed by atoms with Gasteiger partial charge in [0.25, 0.3) is 0 Å². The molecule has 2 rings (SSSR count). The van der Waals surface area contributed by atoms with Crippen molar-refractivity contribution in [3.05, 3.63) is 0 Å². The summed E-state index contributed by atoms with van der Waals surface area (Å²) in [4.78, 5) is 0. The van der Waals surface area contributed by atoms with Gasteiger partial charge in [-0.2, -0.15) is 0 Å². The van der Waals surface area contributed by atoms with Gasteiger partial charge in [0, 0.05) is 0 Å². The van der Waals surface area contributed by atoms with E-state index in [1.807, 2.05) is 13.8 Å². The Morgan fingerprint density at radius 3 is 1.41 bits per heavy atom. The van der Waals surface area contributed by atoms with Gasteiger partial charge in [-0.1, -0.05) is 66.2 Å². The van der Waals surface area contributed by atoms with Gasteiger partial charge in [-0.05, 0) is 31.1 Å². The molecule has 0 aromatic rings. The maximum atomic E-state index is 8.91. The van der Waals surface area contributed by atoms with E-state index in [4.69, 9.17) is 5.11 Å². The molecule has 2 atom stereocenters. The Kier molecular flexibility index (Phi) is 11.0. The highest BCUT2D eigenvalue weighted by atomic mass is 16.3. The van der Waals surface area contributed by atoms with Gasteiger partial charge in [0.05, 0.1) is 6.10 Å². The minimum absolute atomic E-state index is 0.0359. The van der Waals surface area contributed by atoms with Gasteiger partial charge in [-0.25, -0.2) is 0 Å². The zero-order valence-electron chi connectivity index (χ0n) is 12.5. The third kappa shape index (κ3) is 9.64. The summed E-state index contributed by atoms with van der Waals surface area (Å²) in [6.07, 6.45) is 11.8. The second-order valence-corrected chi connectivity index (χ2v) is 5.67. The molecule has 17 heavy (non-hydrogen) atoms. The fourth-order valence-electron chi connectivity index (χ4n) is 2.82. The third-order valence-corrected chi connectivity index (χ3v) is 3.77. The van der Waals surface area contributed by atoms with Gasteiger partial charge in [-0.15, -0.1) is 0 Å². The lowest BCUT2D eigenvalue weighted by molar-refractivity contribution is 0.130. The summed E-state index contributed by atoms with van der Waals surface area (Å²) in [6, 6.07) is 0. The molecule has 0 saturated heterocycles. The number of rotatable bonds is 0. The van der Waals surface area contributed by atoms with Gasteiger partial charge in [0.1, 0.15) is 0 Å². The van der Waals surface area contributed by atoms with Crippen molar-refractivity contribution in [1.82, 2.24) is 0 Å². The van der Waals surface area contributed by atoms with Crippen molar-refractivity contribution in [2.75, 3.05) is 0 Å². The Balaban J connectivity index is 0.000000265. The minimum atomic E-state index is 0.0359. The summed E-state index contributed by atoms with van der Waals surface area (Å²) in [5, 5.41) is 8.91. The standard InChI is InChI=1S/C8H16.C6H12O.C2H6/c1-7-4-3-5-8(2)6-7;7-6-4-2-1-3-5-6;1-2/h7-8H,3-6H2,1-2H3;6-7H,1-5H2;1-2H3/t7-,8?;;/m1../s1. The molecule has 0 radical (unpaired) electrons. The van der Waals surface area contributed by atoms with Crippen LogP contribution in [0.1, 0.15) is 85.5 Å². The van der Waals surface area contributed by atoms with Crippen LogP contribution >= 0.6 is 0 Å². The average molecular weight is 242 g/mol. The van der Waals surface area contributed by atoms with Crippen LogP contribution in [0, 0.1) is 11.8 Å². The predicted molar refractivity (Wildman–Crippen MR) is 77.2 cm³/mol. The van der Waals surface area contributed by atoms with E-state index in [1.54, 1.807) is 0 Å². The molecular weight excluding hydrogens is 208 g/mol. The van der Waals surface area contributed by atoms with Crippen LogP contribution in [0.3, 0.4) is 0 Å². The first-order valence-electron chi connectivity index (χ1n) is 7.86. The van der Waals surface area contributed by atoms with Crippen LogP contribution in [0.25, 0.3) is 0 Å². The molecule has 2 aliphatic rings. The average Bonchev–Trinajstić information content (AvgIpc) is 2.33. The van der Waals surface area contributed by atoms with Crippen molar-refractivity contribution in [2.45, 2.75) is 91.6 Å². The summed E-state index contributed by atoms with van der Waals surface area (Å²) >= 11 is 0. The van der Waals surface area contributed by atoms with Gasteiger partial charge >= 0.3 is 0 Å². The molecule has 0 amide bonds. The van der Waals surface area contributed by atoms with E-state index >= 15 is 0 Å². The fourth-order valence-corrected chi connectivity index (χ4v) is 2.82. The molecule has 1 unspecified atom stereocenters. The topological polar surface area (TPSA) is 20.2 Å². The highest BCUT2D eigenvalue weighted by Gasteiger charge is 2.13. The summed E-state index contributed by atoms with van der Waals surface area (Å²) in [5.41, 5.74) is 0. The molecule has 2 saturated carbocycles. The maximum Gasteiger partial charge on any atom is 0.0540 e. The van der Waals surface area contributed by atoms with E-state index < -0.39 is 0 Å². The number of aliphatic hydroxyl groups excluding tert-OH is 1. The van der Waals surface area contributed by atoms with Gasteiger partial charge in [0.2, 0.25) is 0 Å². The third-order valence-electron chi connectivity index (χ3n) is 3.77. The zero-order valence-corrected chi connectivity index (χ0v) is 12.5.